The summed E-state index contributed by atoms with van der Waals surface area (Å²) < 4.78 is 81.8. The Morgan fingerprint density at radius 2 is 1.57 bits per heavy atom. The smallest absolute Gasteiger partial charge is 0.416 e. The third kappa shape index (κ3) is 7.95. The van der Waals surface area contributed by atoms with Gasteiger partial charge in [0.15, 0.2) is 0 Å². The van der Waals surface area contributed by atoms with Crippen molar-refractivity contribution in [2.75, 3.05) is 20.2 Å². The van der Waals surface area contributed by atoms with Crippen LogP contribution >= 0.6 is 0 Å². The largest absolute Gasteiger partial charge is 0.493 e. The zero-order valence-corrected chi connectivity index (χ0v) is 15.8. The molecular weight excluding hydrogens is 390 g/mol. The number of halogens is 6. The van der Waals surface area contributed by atoms with Gasteiger partial charge in [-0.05, 0) is 44.0 Å². The number of hydrogen-bond donors (Lipinski definition) is 2. The van der Waals surface area contributed by atoms with E-state index >= 15 is 0 Å². The fraction of sp³-hybridized carbons (Fsp3) is 0.611. The van der Waals surface area contributed by atoms with Gasteiger partial charge in [-0.3, -0.25) is 4.79 Å². The Kier molecular flexibility index (Phi) is 8.59. The first-order valence-corrected chi connectivity index (χ1v) is 8.71. The molecule has 1 atom stereocenters. The van der Waals surface area contributed by atoms with Crippen molar-refractivity contribution in [3.63, 3.8) is 0 Å². The minimum atomic E-state index is -4.92. The lowest BCUT2D eigenvalue weighted by molar-refractivity contribution is -0.143. The Hall–Kier alpha value is -1.97. The third-order valence-corrected chi connectivity index (χ3v) is 3.82. The number of ether oxygens (including phenoxy) is 1. The van der Waals surface area contributed by atoms with E-state index < -0.39 is 29.2 Å². The highest BCUT2D eigenvalue weighted by Gasteiger charge is 2.37. The van der Waals surface area contributed by atoms with Crippen molar-refractivity contribution in [1.29, 1.82) is 0 Å². The van der Waals surface area contributed by atoms with Crippen molar-refractivity contribution in [3.05, 3.63) is 29.3 Å². The van der Waals surface area contributed by atoms with Crippen LogP contribution in [0.3, 0.4) is 0 Å². The van der Waals surface area contributed by atoms with Crippen molar-refractivity contribution in [3.8, 4) is 5.75 Å². The molecule has 1 amide bonds. The fourth-order valence-electron chi connectivity index (χ4n) is 2.43. The quantitative estimate of drug-likeness (QED) is 0.469. The van der Waals surface area contributed by atoms with Gasteiger partial charge in [0.2, 0.25) is 5.91 Å². The van der Waals surface area contributed by atoms with Crippen molar-refractivity contribution < 1.29 is 35.9 Å². The molecule has 0 heterocycles. The molecule has 0 aliphatic carbocycles. The molecule has 1 aromatic rings. The lowest BCUT2D eigenvalue weighted by Crippen LogP contribution is -2.43. The van der Waals surface area contributed by atoms with Crippen LogP contribution in [0.25, 0.3) is 0 Å². The number of carbonyl (C=O) groups is 1. The maximum absolute atomic E-state index is 12.8. The molecule has 0 fully saturated rings. The maximum Gasteiger partial charge on any atom is 0.416 e. The van der Waals surface area contributed by atoms with E-state index in [2.05, 4.69) is 10.6 Å². The second-order valence-corrected chi connectivity index (χ2v) is 6.71. The average molecular weight is 414 g/mol. The molecule has 10 heteroatoms. The maximum atomic E-state index is 12.8. The van der Waals surface area contributed by atoms with Gasteiger partial charge in [0, 0.05) is 6.54 Å². The number of carbonyl (C=O) groups excluding carboxylic acids is 1. The summed E-state index contributed by atoms with van der Waals surface area (Å²) in [5, 5.41) is 5.54. The van der Waals surface area contributed by atoms with Gasteiger partial charge in [-0.25, -0.2) is 0 Å². The van der Waals surface area contributed by atoms with E-state index in [-0.39, 0.29) is 37.6 Å². The highest BCUT2D eigenvalue weighted by Crippen LogP contribution is 2.38. The second-order valence-electron chi connectivity index (χ2n) is 6.71. The predicted octanol–water partition coefficient (Wildman–Crippen LogP) is 4.24. The molecule has 0 aromatic heterocycles. The SMILES string of the molecule is CN[C@@H](CC(C)C)C(=O)NCCCOc1cc(C(F)(F)F)cc(C(F)(F)F)c1. The molecule has 0 aliphatic heterocycles. The Balaban J connectivity index is 2.62. The van der Waals surface area contributed by atoms with Gasteiger partial charge < -0.3 is 15.4 Å². The normalized spacial score (nSPS) is 13.5. The molecule has 160 valence electrons. The van der Waals surface area contributed by atoms with Crippen LogP contribution in [0.5, 0.6) is 5.75 Å². The van der Waals surface area contributed by atoms with Crippen LogP contribution in [0.2, 0.25) is 0 Å². The molecule has 28 heavy (non-hydrogen) atoms. The summed E-state index contributed by atoms with van der Waals surface area (Å²) in [6, 6.07) is 0.708. The molecule has 2 N–H and O–H groups in total. The minimum absolute atomic E-state index is 0.0414. The molecule has 4 nitrogen and oxygen atoms in total. The Morgan fingerprint density at radius 1 is 1.04 bits per heavy atom. The van der Waals surface area contributed by atoms with Crippen molar-refractivity contribution >= 4 is 5.91 Å². The minimum Gasteiger partial charge on any atom is -0.493 e. The zero-order valence-electron chi connectivity index (χ0n) is 15.8. The van der Waals surface area contributed by atoms with Crippen LogP contribution in [0.4, 0.5) is 26.3 Å². The second kappa shape index (κ2) is 9.99. The van der Waals surface area contributed by atoms with Crippen LogP contribution < -0.4 is 15.4 Å². The number of benzene rings is 1. The predicted molar refractivity (Wildman–Crippen MR) is 91.9 cm³/mol. The lowest BCUT2D eigenvalue weighted by atomic mass is 10.0. The summed E-state index contributed by atoms with van der Waals surface area (Å²) in [6.45, 7) is 3.97. The van der Waals surface area contributed by atoms with Crippen LogP contribution in [0.15, 0.2) is 18.2 Å². The number of alkyl halides is 6. The van der Waals surface area contributed by atoms with E-state index in [1.165, 1.54) is 0 Å². The molecular formula is C18H24F6N2O2. The molecule has 0 saturated carbocycles. The summed E-state index contributed by atoms with van der Waals surface area (Å²) in [5.41, 5.74) is -2.87. The van der Waals surface area contributed by atoms with Crippen molar-refractivity contribution in [2.45, 2.75) is 45.1 Å². The highest BCUT2D eigenvalue weighted by atomic mass is 19.4. The number of rotatable bonds is 9. The monoisotopic (exact) mass is 414 g/mol. The van der Waals surface area contributed by atoms with Crippen LogP contribution in [-0.2, 0) is 17.1 Å². The van der Waals surface area contributed by atoms with E-state index in [9.17, 15) is 31.1 Å². The molecule has 0 saturated heterocycles. The molecule has 0 spiro atoms. The van der Waals surface area contributed by atoms with Gasteiger partial charge in [-0.2, -0.15) is 26.3 Å². The Morgan fingerprint density at radius 3 is 2.00 bits per heavy atom. The molecule has 0 bridgehead atoms. The van der Waals surface area contributed by atoms with E-state index in [1.54, 1.807) is 7.05 Å². The van der Waals surface area contributed by atoms with Crippen molar-refractivity contribution in [2.24, 2.45) is 5.92 Å². The number of likely N-dealkylation sites (N-methyl/N-ethyl adjacent to an activating group) is 1. The summed E-state index contributed by atoms with van der Waals surface area (Å²) in [4.78, 5) is 12.0. The fourth-order valence-corrected chi connectivity index (χ4v) is 2.43. The first kappa shape index (κ1) is 24.1. The number of amides is 1. The highest BCUT2D eigenvalue weighted by molar-refractivity contribution is 5.81. The average Bonchev–Trinajstić information content (AvgIpc) is 2.57. The zero-order chi connectivity index (χ0) is 21.5. The molecule has 0 aliphatic rings. The summed E-state index contributed by atoms with van der Waals surface area (Å²) in [5.74, 6) is -0.453. The van der Waals surface area contributed by atoms with E-state index in [0.717, 1.165) is 0 Å². The standard InChI is InChI=1S/C18H24F6N2O2/c1-11(2)7-15(25-3)16(27)26-5-4-6-28-14-9-12(17(19,20)21)8-13(10-14)18(22,23)24/h8-11,15,25H,4-7H2,1-3H3,(H,26,27)/t15-/m0/s1. The summed E-state index contributed by atoms with van der Waals surface area (Å²) in [6.07, 6.45) is -9.00. The Bertz CT molecular complexity index is 612. The van der Waals surface area contributed by atoms with E-state index in [0.29, 0.717) is 24.5 Å². The summed E-state index contributed by atoms with van der Waals surface area (Å²) >= 11 is 0. The van der Waals surface area contributed by atoms with Crippen molar-refractivity contribution in [1.82, 2.24) is 10.6 Å². The van der Waals surface area contributed by atoms with Crippen LogP contribution in [0, 0.1) is 5.92 Å². The number of nitrogens with one attached hydrogen (secondary N) is 2. The van der Waals surface area contributed by atoms with Gasteiger partial charge >= 0.3 is 12.4 Å². The number of hydrogen-bond acceptors (Lipinski definition) is 3. The first-order valence-electron chi connectivity index (χ1n) is 8.71. The summed E-state index contributed by atoms with van der Waals surface area (Å²) in [7, 11) is 1.65. The van der Waals surface area contributed by atoms with Gasteiger partial charge in [0.1, 0.15) is 5.75 Å². The molecule has 1 aromatic carbocycles. The topological polar surface area (TPSA) is 50.4 Å². The van der Waals surface area contributed by atoms with E-state index in [1.807, 2.05) is 13.8 Å². The molecule has 0 radical (unpaired) electrons. The molecule has 0 unspecified atom stereocenters. The van der Waals surface area contributed by atoms with Gasteiger partial charge in [-0.1, -0.05) is 13.8 Å². The van der Waals surface area contributed by atoms with Crippen LogP contribution in [-0.4, -0.2) is 32.1 Å². The first-order chi connectivity index (χ1) is 12.8. The van der Waals surface area contributed by atoms with Gasteiger partial charge in [0.25, 0.3) is 0 Å². The van der Waals surface area contributed by atoms with Crippen LogP contribution in [0.1, 0.15) is 37.8 Å². The van der Waals surface area contributed by atoms with E-state index in [4.69, 9.17) is 4.74 Å². The third-order valence-electron chi connectivity index (χ3n) is 3.82. The lowest BCUT2D eigenvalue weighted by Gasteiger charge is -2.18. The van der Waals surface area contributed by atoms with Gasteiger partial charge in [0.05, 0.1) is 23.8 Å². The molecule has 1 rings (SSSR count). The van der Waals surface area contributed by atoms with Gasteiger partial charge in [-0.15, -0.1) is 0 Å². The Labute approximate surface area is 159 Å².